The van der Waals surface area contributed by atoms with Crippen molar-refractivity contribution in [2.45, 2.75) is 13.0 Å². The third kappa shape index (κ3) is 8.16. The Bertz CT molecular complexity index is 785. The van der Waals surface area contributed by atoms with Gasteiger partial charge in [0.2, 0.25) is 5.91 Å². The third-order valence-corrected chi connectivity index (χ3v) is 5.98. The van der Waals surface area contributed by atoms with Crippen LogP contribution in [0.2, 0.25) is 0 Å². The van der Waals surface area contributed by atoms with Crippen molar-refractivity contribution in [3.8, 4) is 0 Å². The fourth-order valence-corrected chi connectivity index (χ4v) is 4.32. The van der Waals surface area contributed by atoms with Crippen LogP contribution in [0.4, 0.5) is 0 Å². The van der Waals surface area contributed by atoms with E-state index >= 15 is 0 Å². The number of aromatic nitrogens is 2. The molecule has 0 saturated heterocycles. The molecule has 0 bridgehead atoms. The van der Waals surface area contributed by atoms with Crippen LogP contribution < -0.4 is 16.6 Å². The van der Waals surface area contributed by atoms with Gasteiger partial charge in [-0.2, -0.15) is 0 Å². The van der Waals surface area contributed by atoms with Gasteiger partial charge in [-0.1, -0.05) is 0 Å². The van der Waals surface area contributed by atoms with Crippen LogP contribution in [0.1, 0.15) is 11.3 Å². The molecule has 0 aliphatic carbocycles. The highest BCUT2D eigenvalue weighted by Gasteiger charge is 2.14. The Kier molecular flexibility index (Phi) is 10.0. The highest BCUT2D eigenvalue weighted by molar-refractivity contribution is 8.01. The summed E-state index contributed by atoms with van der Waals surface area (Å²) in [5, 5.41) is 11.6. The van der Waals surface area contributed by atoms with Gasteiger partial charge in [0.15, 0.2) is 0 Å². The molecule has 0 spiro atoms. The molecular formula is C13H21N3O7S2. The van der Waals surface area contributed by atoms with Gasteiger partial charge in [-0.05, 0) is 13.0 Å². The van der Waals surface area contributed by atoms with E-state index < -0.39 is 51.4 Å². The van der Waals surface area contributed by atoms with Gasteiger partial charge in [0.1, 0.15) is 0 Å². The summed E-state index contributed by atoms with van der Waals surface area (Å²) in [6.07, 6.45) is 3.71. The molecule has 10 nitrogen and oxygen atoms in total. The predicted octanol–water partition coefficient (Wildman–Crippen LogP) is -2.88. The second kappa shape index (κ2) is 10.9. The molecule has 1 amide bonds. The van der Waals surface area contributed by atoms with Gasteiger partial charge in [0, 0.05) is 45.4 Å². The lowest BCUT2D eigenvalue weighted by Crippen LogP contribution is -2.41. The lowest BCUT2D eigenvalue weighted by Gasteiger charge is -2.14. The molecule has 1 aromatic heterocycles. The smallest absolute Gasteiger partial charge is 0.325 e. The molecule has 0 saturated carbocycles. The van der Waals surface area contributed by atoms with Crippen molar-refractivity contribution in [3.63, 3.8) is 0 Å². The quantitative estimate of drug-likeness (QED) is 0.343. The average Bonchev–Trinajstić information content (AvgIpc) is 2.44. The second-order valence-electron chi connectivity index (χ2n) is 4.97. The maximum atomic E-state index is 11.8. The first-order chi connectivity index (χ1) is 11.2. The summed E-state index contributed by atoms with van der Waals surface area (Å²) in [4.78, 5) is 39.0. The second-order valence-corrected chi connectivity index (χ2v) is 8.27. The van der Waals surface area contributed by atoms with Gasteiger partial charge in [0.05, 0.1) is 23.3 Å². The summed E-state index contributed by atoms with van der Waals surface area (Å²) in [7, 11) is -2.68. The number of H-pyrrole nitrogens is 2. The molecule has 6 N–H and O–H groups in total. The summed E-state index contributed by atoms with van der Waals surface area (Å²) >= 11 is 0. The Labute approximate surface area is 148 Å². The summed E-state index contributed by atoms with van der Waals surface area (Å²) in [6, 6.07) is -0.763. The first kappa shape index (κ1) is 23.1. The van der Waals surface area contributed by atoms with Crippen molar-refractivity contribution < 1.29 is 23.8 Å². The molecule has 0 aliphatic heterocycles. The Hall–Kier alpha value is -1.89. The summed E-state index contributed by atoms with van der Waals surface area (Å²) in [6.45, 7) is 1.08. The van der Waals surface area contributed by atoms with Crippen molar-refractivity contribution in [3.05, 3.63) is 38.2 Å². The van der Waals surface area contributed by atoms with Crippen LogP contribution in [-0.4, -0.2) is 64.6 Å². The molecule has 3 unspecified atom stereocenters. The fourth-order valence-electron chi connectivity index (χ4n) is 1.82. The van der Waals surface area contributed by atoms with E-state index in [0.717, 1.165) is 6.08 Å². The first-order valence-electron chi connectivity index (χ1n) is 6.80. The molecule has 1 heterocycles. The number of aryl methyl sites for hydroxylation is 1. The number of carbonyl (C=O) groups is 1. The Morgan fingerprint density at radius 1 is 1.32 bits per heavy atom. The monoisotopic (exact) mass is 395 g/mol. The van der Waals surface area contributed by atoms with Crippen molar-refractivity contribution in [1.82, 2.24) is 15.3 Å². The molecule has 1 rings (SSSR count). The number of amides is 1. The van der Waals surface area contributed by atoms with Crippen molar-refractivity contribution in [2.75, 3.05) is 23.7 Å². The standard InChI is InChI=1S/C13H19N3O6S2.H2O/c1-8-10(12(19)16-13(20)14-8)3-4-11(18)15-9(5-17)6-24(22)7-23(2)21;/h3-4,9,17H,5-7H2,1-2H3,(H,15,18)(H2,14,16,19,20);1H2/b4-3+;. The molecule has 25 heavy (non-hydrogen) atoms. The highest BCUT2D eigenvalue weighted by Crippen LogP contribution is 1.98. The Balaban J connectivity index is 0.00000576. The van der Waals surface area contributed by atoms with Crippen LogP contribution in [-0.2, 0) is 26.4 Å². The summed E-state index contributed by atoms with van der Waals surface area (Å²) in [5.74, 6) is -0.637. The molecule has 3 atom stereocenters. The number of aromatic amines is 2. The Morgan fingerprint density at radius 3 is 2.48 bits per heavy atom. The Morgan fingerprint density at radius 2 is 1.96 bits per heavy atom. The molecule has 142 valence electrons. The van der Waals surface area contributed by atoms with E-state index in [-0.39, 0.29) is 21.9 Å². The van der Waals surface area contributed by atoms with Crippen LogP contribution in [0.5, 0.6) is 0 Å². The molecule has 1 aromatic rings. The highest BCUT2D eigenvalue weighted by atomic mass is 32.2. The molecule has 0 aromatic carbocycles. The van der Waals surface area contributed by atoms with E-state index in [1.54, 1.807) is 0 Å². The zero-order chi connectivity index (χ0) is 18.3. The minimum atomic E-state index is -1.44. The van der Waals surface area contributed by atoms with E-state index in [2.05, 4.69) is 10.3 Å². The molecular weight excluding hydrogens is 374 g/mol. The number of hydrogen-bond acceptors (Lipinski definition) is 6. The van der Waals surface area contributed by atoms with Gasteiger partial charge < -0.3 is 20.9 Å². The van der Waals surface area contributed by atoms with Crippen molar-refractivity contribution in [2.24, 2.45) is 0 Å². The van der Waals surface area contributed by atoms with Crippen LogP contribution in [0.25, 0.3) is 6.08 Å². The van der Waals surface area contributed by atoms with E-state index in [9.17, 15) is 27.9 Å². The number of hydrogen-bond donors (Lipinski definition) is 4. The lowest BCUT2D eigenvalue weighted by atomic mass is 10.2. The molecule has 12 heteroatoms. The number of nitrogens with one attached hydrogen (secondary N) is 3. The van der Waals surface area contributed by atoms with E-state index in [1.165, 1.54) is 19.3 Å². The average molecular weight is 395 g/mol. The van der Waals surface area contributed by atoms with Crippen LogP contribution in [0, 0.1) is 6.92 Å². The van der Waals surface area contributed by atoms with Crippen LogP contribution in [0.15, 0.2) is 15.7 Å². The largest absolute Gasteiger partial charge is 0.412 e. The van der Waals surface area contributed by atoms with Crippen LogP contribution in [0.3, 0.4) is 0 Å². The van der Waals surface area contributed by atoms with Crippen LogP contribution >= 0.6 is 0 Å². The van der Waals surface area contributed by atoms with E-state index in [1.807, 2.05) is 4.98 Å². The van der Waals surface area contributed by atoms with Gasteiger partial charge in [-0.3, -0.25) is 23.0 Å². The van der Waals surface area contributed by atoms with Crippen molar-refractivity contribution >= 4 is 33.6 Å². The number of aliphatic hydroxyl groups is 1. The fraction of sp³-hybridized carbons (Fsp3) is 0.462. The van der Waals surface area contributed by atoms with Crippen molar-refractivity contribution in [1.29, 1.82) is 0 Å². The lowest BCUT2D eigenvalue weighted by molar-refractivity contribution is -0.117. The topological polar surface area (TPSA) is 181 Å². The number of rotatable bonds is 8. The number of aliphatic hydroxyl groups excluding tert-OH is 1. The van der Waals surface area contributed by atoms with Gasteiger partial charge in [0.25, 0.3) is 5.56 Å². The first-order valence-corrected chi connectivity index (χ1v) is 10.0. The predicted molar refractivity (Wildman–Crippen MR) is 96.0 cm³/mol. The zero-order valence-electron chi connectivity index (χ0n) is 13.7. The molecule has 0 fully saturated rings. The van der Waals surface area contributed by atoms with E-state index in [4.69, 9.17) is 0 Å². The SMILES string of the molecule is Cc1[nH]c(=O)[nH]c(=O)c1/C=C/C(=O)NC(CO)CS(=O)CS(C)=O.O. The minimum absolute atomic E-state index is 0. The molecule has 0 radical (unpaired) electrons. The molecule has 0 aliphatic rings. The zero-order valence-corrected chi connectivity index (χ0v) is 15.3. The minimum Gasteiger partial charge on any atom is -0.412 e. The van der Waals surface area contributed by atoms with Gasteiger partial charge in [-0.15, -0.1) is 0 Å². The van der Waals surface area contributed by atoms with E-state index in [0.29, 0.717) is 5.69 Å². The maximum Gasteiger partial charge on any atom is 0.325 e. The van der Waals surface area contributed by atoms with Gasteiger partial charge >= 0.3 is 5.69 Å². The van der Waals surface area contributed by atoms with Gasteiger partial charge in [-0.25, -0.2) is 4.79 Å². The third-order valence-electron chi connectivity index (χ3n) is 2.83. The maximum absolute atomic E-state index is 11.8. The summed E-state index contributed by atoms with van der Waals surface area (Å²) < 4.78 is 22.7. The normalized spacial score (nSPS) is 14.5. The number of carbonyl (C=O) groups excluding carboxylic acids is 1. The summed E-state index contributed by atoms with van der Waals surface area (Å²) in [5.41, 5.74) is -0.853.